The fourth-order valence-corrected chi connectivity index (χ4v) is 21.5. The molecule has 0 aliphatic carbocycles. The minimum absolute atomic E-state index is 0.884. The van der Waals surface area contributed by atoms with Crippen molar-refractivity contribution in [2.24, 2.45) is 0 Å². The van der Waals surface area contributed by atoms with E-state index < -0.39 is 0 Å². The van der Waals surface area contributed by atoms with Gasteiger partial charge in [-0.3, -0.25) is 29.9 Å². The average molecular weight is 1810 g/mol. The summed E-state index contributed by atoms with van der Waals surface area (Å²) in [5, 5.41) is 20.6. The standard InChI is InChI=1S/C52H32N2O.C46H28N2O.C35H22N2O/c1-4-12-33(13-5-1)39-29-44(36-16-8-3-9-17-36)51-47(31-39)48-32-40(34-14-6-2-7-15-34)30-45(52(48)55-51)37-22-20-35(21-23-37)38-24-25-43-46(28-38)41-18-10-11-19-42(41)49-50(43)54-27-26-53-49;1-3-9-29(10-4-1)34-20-22-43-41(26-34)42-28-35(30-11-5-2-6-12-30)27-39(46(42)49-43)32-17-15-31(16-18-32)33-19-21-38-40(25-33)36-13-7-8-14-37(36)44-45(38)48-24-23-47-44;1-21-6-4-10-29-30-11-5-9-25(35(30)38-34(21)29)23-14-12-22(13-15-23)24-16-17-28-31(20-24)26-7-2-3-8-27(26)32-33(28)37-19-18-36-32/h1-32H;1-28H;2-20H,1H3. The van der Waals surface area contributed by atoms with Crippen molar-refractivity contribution in [2.45, 2.75) is 6.92 Å². The number of benzene rings is 23. The smallest absolute Gasteiger partial charge is 0.143 e. The van der Waals surface area contributed by atoms with E-state index in [1.807, 2.05) is 0 Å². The second-order valence-electron chi connectivity index (χ2n) is 36.6. The van der Waals surface area contributed by atoms with E-state index in [9.17, 15) is 0 Å². The van der Waals surface area contributed by atoms with Crippen LogP contribution in [0.15, 0.2) is 493 Å². The Bertz CT molecular complexity index is 9980. The molecule has 9 nitrogen and oxygen atoms in total. The maximum Gasteiger partial charge on any atom is 0.143 e. The number of fused-ring (bicyclic) bond motifs is 27. The molecule has 0 amide bonds. The van der Waals surface area contributed by atoms with Gasteiger partial charge in [0.15, 0.2) is 0 Å². The first-order chi connectivity index (χ1) is 70.3. The molecule has 29 rings (SSSR count). The van der Waals surface area contributed by atoms with Crippen molar-refractivity contribution in [3.63, 3.8) is 0 Å². The molecule has 0 saturated carbocycles. The molecule has 0 fully saturated rings. The lowest BCUT2D eigenvalue weighted by Crippen LogP contribution is -1.89. The zero-order chi connectivity index (χ0) is 93.8. The summed E-state index contributed by atoms with van der Waals surface area (Å²) in [6.07, 6.45) is 10.6. The quantitative estimate of drug-likeness (QED) is 0.117. The van der Waals surface area contributed by atoms with Gasteiger partial charge in [-0.25, -0.2) is 0 Å². The first-order valence-electron chi connectivity index (χ1n) is 48.0. The van der Waals surface area contributed by atoms with Gasteiger partial charge in [0.05, 0.1) is 33.1 Å². The van der Waals surface area contributed by atoms with Crippen LogP contribution in [0.3, 0.4) is 0 Å². The van der Waals surface area contributed by atoms with Crippen LogP contribution >= 0.6 is 0 Å². The van der Waals surface area contributed by atoms with Crippen molar-refractivity contribution in [3.05, 3.63) is 486 Å². The van der Waals surface area contributed by atoms with Crippen LogP contribution in [-0.2, 0) is 0 Å². The second kappa shape index (κ2) is 34.4. The molecule has 0 atom stereocenters. The largest absolute Gasteiger partial charge is 0.455 e. The Kier molecular flexibility index (Phi) is 20.0. The van der Waals surface area contributed by atoms with Gasteiger partial charge in [0.1, 0.15) is 33.5 Å². The van der Waals surface area contributed by atoms with Gasteiger partial charge in [0.2, 0.25) is 0 Å². The van der Waals surface area contributed by atoms with Crippen LogP contribution in [0, 0.1) is 6.92 Å². The van der Waals surface area contributed by atoms with Gasteiger partial charge in [-0.15, -0.1) is 0 Å². The van der Waals surface area contributed by atoms with E-state index in [0.717, 1.165) is 215 Å². The Morgan fingerprint density at radius 2 is 0.366 bits per heavy atom. The minimum atomic E-state index is 0.884. The van der Waals surface area contributed by atoms with E-state index in [0.29, 0.717) is 0 Å². The normalized spacial score (nSPS) is 11.7. The SMILES string of the molecule is Cc1cccc2c1oc1c(-c3ccc(-c4ccc5c(c4)c4ccccc4c4nccnc54)cc3)cccc12.c1ccc(-c2cc(-c3ccccc3)c3oc4c(-c5ccc(-c6ccc7c(c6)c6ccccc6c6nccnc76)cc5)cc(-c5ccccc5)cc4c3c2)cc1.c1ccc(-c2ccc3oc4c(-c5ccc(-c6ccc7c(c6)c6ccccc6c6nccnc76)cc5)cc(-c5ccccc5)cc4c3c2)cc1. The van der Waals surface area contributed by atoms with Gasteiger partial charge in [0, 0.05) is 124 Å². The van der Waals surface area contributed by atoms with Crippen molar-refractivity contribution >= 4 is 164 Å². The molecule has 9 heteroatoms. The van der Waals surface area contributed by atoms with Gasteiger partial charge < -0.3 is 13.3 Å². The number of aryl methyl sites for hydroxylation is 1. The summed E-state index contributed by atoms with van der Waals surface area (Å²) in [6, 6.07) is 158. The summed E-state index contributed by atoms with van der Waals surface area (Å²) in [4.78, 5) is 28.2. The van der Waals surface area contributed by atoms with Gasteiger partial charge in [-0.2, -0.15) is 0 Å². The van der Waals surface area contributed by atoms with E-state index in [-0.39, 0.29) is 0 Å². The van der Waals surface area contributed by atoms with E-state index in [1.54, 1.807) is 37.2 Å². The molecule has 0 unspecified atom stereocenters. The molecule has 0 aliphatic heterocycles. The van der Waals surface area contributed by atoms with Crippen molar-refractivity contribution in [2.75, 3.05) is 0 Å². The summed E-state index contributed by atoms with van der Waals surface area (Å²) in [5.74, 6) is 0. The Labute approximate surface area is 815 Å². The predicted octanol–water partition coefficient (Wildman–Crippen LogP) is 36.2. The Morgan fingerprint density at radius 3 is 0.739 bits per heavy atom. The molecule has 662 valence electrons. The summed E-state index contributed by atoms with van der Waals surface area (Å²) in [6.45, 7) is 2.10. The Hall–Kier alpha value is -19.0. The molecule has 0 aliphatic rings. The lowest BCUT2D eigenvalue weighted by atomic mass is 9.92. The summed E-state index contributed by atoms with van der Waals surface area (Å²) >= 11 is 0. The van der Waals surface area contributed by atoms with Crippen LogP contribution in [0.5, 0.6) is 0 Å². The summed E-state index contributed by atoms with van der Waals surface area (Å²) in [7, 11) is 0. The molecule has 6 aromatic heterocycles. The molecule has 6 heterocycles. The molecule has 23 aromatic carbocycles. The number of hydrogen-bond donors (Lipinski definition) is 0. The number of para-hydroxylation sites is 2. The van der Waals surface area contributed by atoms with Crippen LogP contribution in [0.2, 0.25) is 0 Å². The number of hydrogen-bond acceptors (Lipinski definition) is 9. The number of aromatic nitrogens is 6. The topological polar surface area (TPSA) is 117 Å². The molecule has 142 heavy (non-hydrogen) atoms. The lowest BCUT2D eigenvalue weighted by Gasteiger charge is -2.12. The molecular weight excluding hydrogens is 1730 g/mol. The molecular formula is C133H82N6O3. The molecule has 29 aromatic rings. The highest BCUT2D eigenvalue weighted by atomic mass is 16.3. The van der Waals surface area contributed by atoms with Crippen LogP contribution in [-0.4, -0.2) is 29.9 Å². The molecule has 0 bridgehead atoms. The summed E-state index contributed by atoms with van der Waals surface area (Å²) in [5.41, 5.74) is 37.4. The van der Waals surface area contributed by atoms with E-state index in [2.05, 4.69) is 465 Å². The van der Waals surface area contributed by atoms with Crippen molar-refractivity contribution in [3.8, 4) is 122 Å². The number of nitrogens with zero attached hydrogens (tertiary/aromatic N) is 6. The van der Waals surface area contributed by atoms with Crippen LogP contribution in [0.4, 0.5) is 0 Å². The molecule has 0 radical (unpaired) electrons. The highest BCUT2D eigenvalue weighted by Gasteiger charge is 2.25. The van der Waals surface area contributed by atoms with Crippen LogP contribution in [0.1, 0.15) is 5.56 Å². The average Bonchev–Trinajstić information content (AvgIpc) is 1.14. The third kappa shape index (κ3) is 14.3. The lowest BCUT2D eigenvalue weighted by molar-refractivity contribution is 0.667. The first-order valence-corrected chi connectivity index (χ1v) is 48.0. The zero-order valence-electron chi connectivity index (χ0n) is 77.0. The maximum atomic E-state index is 7.03. The number of furan rings is 3. The maximum absolute atomic E-state index is 7.03. The minimum Gasteiger partial charge on any atom is -0.455 e. The zero-order valence-corrected chi connectivity index (χ0v) is 77.0. The van der Waals surface area contributed by atoms with Crippen LogP contribution in [0.25, 0.3) is 286 Å². The van der Waals surface area contributed by atoms with Crippen molar-refractivity contribution in [1.29, 1.82) is 0 Å². The van der Waals surface area contributed by atoms with E-state index in [1.165, 1.54) is 76.6 Å². The fraction of sp³-hybridized carbons (Fsp3) is 0.00752. The molecule has 0 saturated heterocycles. The first kappa shape index (κ1) is 82.5. The van der Waals surface area contributed by atoms with Gasteiger partial charge in [-0.1, -0.05) is 376 Å². The number of rotatable bonds is 11. The van der Waals surface area contributed by atoms with Gasteiger partial charge >= 0.3 is 0 Å². The summed E-state index contributed by atoms with van der Waals surface area (Å²) < 4.78 is 20.1. The monoisotopic (exact) mass is 1810 g/mol. The Morgan fingerprint density at radius 1 is 0.134 bits per heavy atom. The fourth-order valence-electron chi connectivity index (χ4n) is 21.5. The third-order valence-electron chi connectivity index (χ3n) is 28.4. The molecule has 0 N–H and O–H groups in total. The predicted molar refractivity (Wildman–Crippen MR) is 590 cm³/mol. The molecule has 0 spiro atoms. The van der Waals surface area contributed by atoms with E-state index >= 15 is 0 Å². The van der Waals surface area contributed by atoms with Crippen LogP contribution < -0.4 is 0 Å². The second-order valence-corrected chi connectivity index (χ2v) is 36.6. The van der Waals surface area contributed by atoms with E-state index in [4.69, 9.17) is 28.2 Å². The highest BCUT2D eigenvalue weighted by Crippen LogP contribution is 2.49. The highest BCUT2D eigenvalue weighted by molar-refractivity contribution is 6.27. The Balaban J connectivity index is 0.000000108. The third-order valence-corrected chi connectivity index (χ3v) is 28.4. The van der Waals surface area contributed by atoms with Crippen molar-refractivity contribution in [1.82, 2.24) is 29.9 Å². The van der Waals surface area contributed by atoms with Gasteiger partial charge in [0.25, 0.3) is 0 Å². The van der Waals surface area contributed by atoms with Gasteiger partial charge in [-0.05, 0) is 212 Å². The van der Waals surface area contributed by atoms with Crippen molar-refractivity contribution < 1.29 is 13.3 Å².